The molecule has 0 spiro atoms. The van der Waals surface area contributed by atoms with Crippen LogP contribution in [0.1, 0.15) is 11.1 Å². The van der Waals surface area contributed by atoms with Gasteiger partial charge in [0.25, 0.3) is 10.0 Å². The second kappa shape index (κ2) is 5.30. The quantitative estimate of drug-likeness (QED) is 0.912. The minimum atomic E-state index is -3.74. The second-order valence-corrected chi connectivity index (χ2v) is 6.55. The fourth-order valence-electron chi connectivity index (χ4n) is 1.71. The number of hydrogen-bond acceptors (Lipinski definition) is 4. The van der Waals surface area contributed by atoms with Crippen LogP contribution in [0.15, 0.2) is 35.4 Å². The van der Waals surface area contributed by atoms with Crippen LogP contribution in [0.25, 0.3) is 0 Å². The van der Waals surface area contributed by atoms with E-state index in [4.69, 9.17) is 17.3 Å². The molecule has 0 saturated heterocycles. The molecule has 106 valence electrons. The molecule has 5 nitrogen and oxygen atoms in total. The van der Waals surface area contributed by atoms with Gasteiger partial charge in [-0.05, 0) is 31.5 Å². The predicted octanol–water partition coefficient (Wildman–Crippen LogP) is 2.73. The van der Waals surface area contributed by atoms with Crippen molar-refractivity contribution in [2.75, 3.05) is 10.5 Å². The van der Waals surface area contributed by atoms with Crippen molar-refractivity contribution in [2.45, 2.75) is 18.7 Å². The van der Waals surface area contributed by atoms with Gasteiger partial charge >= 0.3 is 0 Å². The Kier molecular flexibility index (Phi) is 3.87. The van der Waals surface area contributed by atoms with Crippen LogP contribution in [0.2, 0.25) is 5.02 Å². The molecule has 0 unspecified atom stereocenters. The summed E-state index contributed by atoms with van der Waals surface area (Å²) < 4.78 is 27.0. The van der Waals surface area contributed by atoms with E-state index in [2.05, 4.69) is 9.71 Å². The molecule has 20 heavy (non-hydrogen) atoms. The molecular formula is C13H14ClN3O2S. The number of hydrogen-bond donors (Lipinski definition) is 2. The number of aromatic nitrogens is 1. The van der Waals surface area contributed by atoms with E-state index in [-0.39, 0.29) is 15.7 Å². The molecule has 1 aromatic heterocycles. The van der Waals surface area contributed by atoms with Crippen molar-refractivity contribution < 1.29 is 8.42 Å². The van der Waals surface area contributed by atoms with Gasteiger partial charge in [0, 0.05) is 6.20 Å². The Labute approximate surface area is 122 Å². The minimum absolute atomic E-state index is 0.0309. The third-order valence-corrected chi connectivity index (χ3v) is 4.42. The van der Waals surface area contributed by atoms with E-state index in [1.165, 1.54) is 12.3 Å². The largest absolute Gasteiger partial charge is 0.382 e. The van der Waals surface area contributed by atoms with Crippen molar-refractivity contribution in [3.05, 3.63) is 46.6 Å². The number of pyridine rings is 1. The highest BCUT2D eigenvalue weighted by Gasteiger charge is 2.17. The van der Waals surface area contributed by atoms with Crippen LogP contribution in [0.3, 0.4) is 0 Å². The van der Waals surface area contributed by atoms with Crippen molar-refractivity contribution in [3.8, 4) is 0 Å². The minimum Gasteiger partial charge on any atom is -0.382 e. The molecule has 7 heteroatoms. The van der Waals surface area contributed by atoms with E-state index in [1.807, 2.05) is 26.0 Å². The van der Waals surface area contributed by atoms with E-state index >= 15 is 0 Å². The van der Waals surface area contributed by atoms with Gasteiger partial charge in [-0.1, -0.05) is 29.3 Å². The molecule has 1 heterocycles. The van der Waals surface area contributed by atoms with E-state index in [0.717, 1.165) is 11.1 Å². The molecule has 1 aromatic carbocycles. The number of sulfonamides is 1. The van der Waals surface area contributed by atoms with Crippen LogP contribution in [-0.4, -0.2) is 13.4 Å². The second-order valence-electron chi connectivity index (χ2n) is 4.46. The summed E-state index contributed by atoms with van der Waals surface area (Å²) in [5.74, 6) is 0.0946. The van der Waals surface area contributed by atoms with Crippen molar-refractivity contribution in [1.29, 1.82) is 0 Å². The maximum atomic E-state index is 12.3. The summed E-state index contributed by atoms with van der Waals surface area (Å²) in [4.78, 5) is 3.72. The number of benzene rings is 1. The van der Waals surface area contributed by atoms with E-state index in [0.29, 0.717) is 5.69 Å². The van der Waals surface area contributed by atoms with Gasteiger partial charge in [0.15, 0.2) is 0 Å². The highest BCUT2D eigenvalue weighted by molar-refractivity contribution is 7.92. The Morgan fingerprint density at radius 1 is 1.25 bits per heavy atom. The Bertz CT molecular complexity index is 760. The monoisotopic (exact) mass is 311 g/mol. The van der Waals surface area contributed by atoms with Crippen molar-refractivity contribution in [1.82, 2.24) is 4.98 Å². The maximum absolute atomic E-state index is 12.3. The molecule has 2 rings (SSSR count). The first kappa shape index (κ1) is 14.6. The van der Waals surface area contributed by atoms with Crippen LogP contribution in [0.5, 0.6) is 0 Å². The molecule has 0 aliphatic rings. The Hall–Kier alpha value is -1.79. The van der Waals surface area contributed by atoms with E-state index in [9.17, 15) is 8.42 Å². The number of halogens is 1. The van der Waals surface area contributed by atoms with Crippen LogP contribution in [-0.2, 0) is 10.0 Å². The summed E-state index contributed by atoms with van der Waals surface area (Å²) in [5, 5.41) is 0.105. The molecule has 0 radical (unpaired) electrons. The standard InChI is InChI=1S/C13H14ClN3O2S/c1-8-3-4-12(9(2)5-8)17-20(18,19)10-6-11(14)13(15)16-7-10/h3-7,17H,1-2H3,(H2,15,16). The number of nitrogen functional groups attached to an aromatic ring is 1. The van der Waals surface area contributed by atoms with Crippen LogP contribution in [0.4, 0.5) is 11.5 Å². The summed E-state index contributed by atoms with van der Waals surface area (Å²) in [6.45, 7) is 3.77. The lowest BCUT2D eigenvalue weighted by atomic mass is 10.1. The smallest absolute Gasteiger partial charge is 0.263 e. The lowest BCUT2D eigenvalue weighted by Gasteiger charge is -2.11. The SMILES string of the molecule is Cc1ccc(NS(=O)(=O)c2cnc(N)c(Cl)c2)c(C)c1. The van der Waals surface area contributed by atoms with Gasteiger partial charge < -0.3 is 5.73 Å². The molecule has 0 atom stereocenters. The Balaban J connectivity index is 2.38. The lowest BCUT2D eigenvalue weighted by molar-refractivity contribution is 0.601. The molecule has 0 aliphatic carbocycles. The molecule has 2 aromatic rings. The van der Waals surface area contributed by atoms with Gasteiger partial charge in [-0.2, -0.15) is 0 Å². The molecule has 3 N–H and O–H groups in total. The molecule has 0 saturated carbocycles. The summed E-state index contributed by atoms with van der Waals surface area (Å²) in [6.07, 6.45) is 1.17. The number of nitrogens with zero attached hydrogens (tertiary/aromatic N) is 1. The summed E-state index contributed by atoms with van der Waals surface area (Å²) in [6, 6.07) is 6.72. The van der Waals surface area contributed by atoms with Crippen molar-refractivity contribution in [2.24, 2.45) is 0 Å². The lowest BCUT2D eigenvalue weighted by Crippen LogP contribution is -2.14. The van der Waals surface area contributed by atoms with Gasteiger partial charge in [0.1, 0.15) is 10.7 Å². The van der Waals surface area contributed by atoms with Crippen LogP contribution >= 0.6 is 11.6 Å². The summed E-state index contributed by atoms with van der Waals surface area (Å²) in [5.41, 5.74) is 7.88. The van der Waals surface area contributed by atoms with Gasteiger partial charge in [-0.15, -0.1) is 0 Å². The number of aryl methyl sites for hydroxylation is 2. The van der Waals surface area contributed by atoms with Gasteiger partial charge in [-0.3, -0.25) is 4.72 Å². The summed E-state index contributed by atoms with van der Waals surface area (Å²) >= 11 is 5.80. The van der Waals surface area contributed by atoms with Crippen LogP contribution in [0, 0.1) is 13.8 Å². The third kappa shape index (κ3) is 3.02. The number of nitrogens with one attached hydrogen (secondary N) is 1. The fraction of sp³-hybridized carbons (Fsp3) is 0.154. The Morgan fingerprint density at radius 3 is 2.55 bits per heavy atom. The zero-order chi connectivity index (χ0) is 14.9. The number of rotatable bonds is 3. The fourth-order valence-corrected chi connectivity index (χ4v) is 3.04. The van der Waals surface area contributed by atoms with Crippen molar-refractivity contribution >= 4 is 33.1 Å². The van der Waals surface area contributed by atoms with Crippen LogP contribution < -0.4 is 10.5 Å². The van der Waals surface area contributed by atoms with Gasteiger partial charge in [0.05, 0.1) is 10.7 Å². The molecule has 0 aliphatic heterocycles. The Morgan fingerprint density at radius 2 is 1.95 bits per heavy atom. The average molecular weight is 312 g/mol. The summed E-state index contributed by atoms with van der Waals surface area (Å²) in [7, 11) is -3.74. The zero-order valence-corrected chi connectivity index (χ0v) is 12.6. The average Bonchev–Trinajstić information content (AvgIpc) is 2.36. The van der Waals surface area contributed by atoms with Crippen molar-refractivity contribution in [3.63, 3.8) is 0 Å². The first-order valence-corrected chi connectivity index (χ1v) is 7.67. The van der Waals surface area contributed by atoms with Gasteiger partial charge in [-0.25, -0.2) is 13.4 Å². The van der Waals surface area contributed by atoms with Gasteiger partial charge in [0.2, 0.25) is 0 Å². The molecule has 0 fully saturated rings. The highest BCUT2D eigenvalue weighted by atomic mass is 35.5. The maximum Gasteiger partial charge on any atom is 0.263 e. The topological polar surface area (TPSA) is 85.1 Å². The predicted molar refractivity (Wildman–Crippen MR) is 80.4 cm³/mol. The zero-order valence-electron chi connectivity index (χ0n) is 11.0. The van der Waals surface area contributed by atoms with E-state index in [1.54, 1.807) is 6.07 Å². The highest BCUT2D eigenvalue weighted by Crippen LogP contribution is 2.23. The molecular weight excluding hydrogens is 298 g/mol. The third-order valence-electron chi connectivity index (χ3n) is 2.78. The first-order chi connectivity index (χ1) is 9.29. The normalized spacial score (nSPS) is 11.3. The molecule has 0 amide bonds. The number of anilines is 2. The molecule has 0 bridgehead atoms. The van der Waals surface area contributed by atoms with E-state index < -0.39 is 10.0 Å². The number of nitrogens with two attached hydrogens (primary N) is 1. The first-order valence-electron chi connectivity index (χ1n) is 5.81.